The van der Waals surface area contributed by atoms with Crippen molar-refractivity contribution in [3.63, 3.8) is 0 Å². The van der Waals surface area contributed by atoms with E-state index in [0.717, 1.165) is 6.07 Å². The predicted molar refractivity (Wildman–Crippen MR) is 107 cm³/mol. The third-order valence-corrected chi connectivity index (χ3v) is 5.44. The maximum absolute atomic E-state index is 12.8. The minimum atomic E-state index is -1.82. The number of phenolic OH excluding ortho intramolecular Hbond substituents is 3. The molecule has 1 saturated heterocycles. The standard InChI is InChI=1S/C21H20O11/c22-6-11-14(26)16(28)18(30)21(31-11)13-10(25)5-9(24)12-15(27)17(29)19(32-20(12)13)7-1-3-8(23)4-2-7/h1-5,11,14,16,18,21-26,28-30H,6H2/t11-,14+,16+,18-,21+/m0/s1. The molecule has 1 aliphatic rings. The van der Waals surface area contributed by atoms with E-state index < -0.39 is 70.8 Å². The van der Waals surface area contributed by atoms with Gasteiger partial charge in [0.2, 0.25) is 11.2 Å². The highest BCUT2D eigenvalue weighted by atomic mass is 16.5. The van der Waals surface area contributed by atoms with E-state index >= 15 is 0 Å². The number of phenols is 3. The summed E-state index contributed by atoms with van der Waals surface area (Å²) < 4.78 is 11.1. The summed E-state index contributed by atoms with van der Waals surface area (Å²) in [6.07, 6.45) is -8.17. The highest BCUT2D eigenvalue weighted by molar-refractivity contribution is 5.91. The Kier molecular flexibility index (Phi) is 5.44. The van der Waals surface area contributed by atoms with E-state index in [9.17, 15) is 45.6 Å². The minimum absolute atomic E-state index is 0.0892. The van der Waals surface area contributed by atoms with Crippen LogP contribution < -0.4 is 5.43 Å². The van der Waals surface area contributed by atoms with Crippen molar-refractivity contribution in [2.24, 2.45) is 0 Å². The van der Waals surface area contributed by atoms with Crippen molar-refractivity contribution in [3.8, 4) is 34.3 Å². The van der Waals surface area contributed by atoms with E-state index in [2.05, 4.69) is 0 Å². The Hall–Kier alpha value is -3.35. The lowest BCUT2D eigenvalue weighted by Gasteiger charge is -2.40. The smallest absolute Gasteiger partial charge is 0.238 e. The predicted octanol–water partition coefficient (Wildman–Crippen LogP) is -0.203. The van der Waals surface area contributed by atoms with Gasteiger partial charge in [0.15, 0.2) is 11.3 Å². The summed E-state index contributed by atoms with van der Waals surface area (Å²) >= 11 is 0. The summed E-state index contributed by atoms with van der Waals surface area (Å²) in [7, 11) is 0. The Morgan fingerprint density at radius 3 is 2.16 bits per heavy atom. The molecule has 1 aliphatic heterocycles. The molecule has 0 spiro atoms. The molecule has 11 heteroatoms. The fraction of sp³-hybridized carbons (Fsp3) is 0.286. The number of ether oxygens (including phenoxy) is 1. The molecule has 0 bridgehead atoms. The average molecular weight is 448 g/mol. The Balaban J connectivity index is 2.01. The number of rotatable bonds is 3. The molecule has 0 radical (unpaired) electrons. The fourth-order valence-electron chi connectivity index (χ4n) is 3.77. The van der Waals surface area contributed by atoms with E-state index in [1.807, 2.05) is 0 Å². The molecule has 1 aromatic heterocycles. The molecule has 2 aromatic carbocycles. The summed E-state index contributed by atoms with van der Waals surface area (Å²) in [5.74, 6) is -2.71. The van der Waals surface area contributed by atoms with Crippen molar-refractivity contribution in [1.82, 2.24) is 0 Å². The van der Waals surface area contributed by atoms with Crippen molar-refractivity contribution in [3.05, 3.63) is 46.1 Å². The van der Waals surface area contributed by atoms with Gasteiger partial charge in [-0.15, -0.1) is 0 Å². The van der Waals surface area contributed by atoms with Crippen molar-refractivity contribution in [2.45, 2.75) is 30.5 Å². The first-order chi connectivity index (χ1) is 15.1. The quantitative estimate of drug-likeness (QED) is 0.264. The zero-order valence-electron chi connectivity index (χ0n) is 16.3. The molecule has 0 saturated carbocycles. The molecule has 5 atom stereocenters. The topological polar surface area (TPSA) is 201 Å². The van der Waals surface area contributed by atoms with E-state index in [-0.39, 0.29) is 22.6 Å². The number of aliphatic hydroxyl groups is 4. The minimum Gasteiger partial charge on any atom is -0.508 e. The summed E-state index contributed by atoms with van der Waals surface area (Å²) in [6.45, 7) is -0.734. The summed E-state index contributed by atoms with van der Waals surface area (Å²) in [4.78, 5) is 12.8. The summed E-state index contributed by atoms with van der Waals surface area (Å²) in [5.41, 5.74) is -1.70. The summed E-state index contributed by atoms with van der Waals surface area (Å²) in [5, 5.41) is 80.2. The highest BCUT2D eigenvalue weighted by Crippen LogP contribution is 2.44. The van der Waals surface area contributed by atoms with Crippen molar-refractivity contribution in [2.75, 3.05) is 6.61 Å². The molecule has 3 aromatic rings. The van der Waals surface area contributed by atoms with Gasteiger partial charge in [-0.25, -0.2) is 0 Å². The monoisotopic (exact) mass is 448 g/mol. The Bertz CT molecular complexity index is 1220. The van der Waals surface area contributed by atoms with Gasteiger partial charge in [-0.3, -0.25) is 4.79 Å². The normalized spacial score (nSPS) is 25.8. The van der Waals surface area contributed by atoms with Crippen LogP contribution in [-0.2, 0) is 4.74 Å². The molecule has 1 fully saturated rings. The van der Waals surface area contributed by atoms with E-state index in [1.165, 1.54) is 24.3 Å². The molecule has 32 heavy (non-hydrogen) atoms. The number of hydrogen-bond acceptors (Lipinski definition) is 11. The molecule has 8 N–H and O–H groups in total. The van der Waals surface area contributed by atoms with Gasteiger partial charge in [0.25, 0.3) is 0 Å². The second kappa shape index (κ2) is 7.97. The third kappa shape index (κ3) is 3.32. The van der Waals surface area contributed by atoms with Crippen molar-refractivity contribution < 1.29 is 50.0 Å². The SMILES string of the molecule is O=c1c(O)c(-c2ccc(O)cc2)oc2c([C@H]3O[C@@H](CO)[C@@H](O)[C@@H](O)[C@@H]3O)c(O)cc(O)c12. The van der Waals surface area contributed by atoms with Crippen LogP contribution in [-0.4, -0.2) is 71.9 Å². The van der Waals surface area contributed by atoms with Crippen LogP contribution in [0.15, 0.2) is 39.5 Å². The van der Waals surface area contributed by atoms with Crippen LogP contribution >= 0.6 is 0 Å². The van der Waals surface area contributed by atoms with Crippen molar-refractivity contribution >= 4 is 11.0 Å². The molecule has 2 heterocycles. The zero-order chi connectivity index (χ0) is 23.3. The lowest BCUT2D eigenvalue weighted by molar-refractivity contribution is -0.231. The first-order valence-electron chi connectivity index (χ1n) is 9.50. The van der Waals surface area contributed by atoms with Crippen LogP contribution in [0, 0.1) is 0 Å². The molecular formula is C21H20O11. The van der Waals surface area contributed by atoms with Gasteiger partial charge in [-0.05, 0) is 24.3 Å². The largest absolute Gasteiger partial charge is 0.508 e. The van der Waals surface area contributed by atoms with Gasteiger partial charge in [-0.1, -0.05) is 0 Å². The Labute approximate surface area is 179 Å². The fourth-order valence-corrected chi connectivity index (χ4v) is 3.77. The number of hydrogen-bond donors (Lipinski definition) is 8. The zero-order valence-corrected chi connectivity index (χ0v) is 16.3. The molecule has 0 amide bonds. The van der Waals surface area contributed by atoms with Gasteiger partial charge in [0, 0.05) is 11.6 Å². The number of aliphatic hydroxyl groups excluding tert-OH is 4. The van der Waals surface area contributed by atoms with Gasteiger partial charge in [0.05, 0.1) is 12.2 Å². The molecule has 4 rings (SSSR count). The summed E-state index contributed by atoms with van der Waals surface area (Å²) in [6, 6.07) is 6.01. The molecule has 0 unspecified atom stereocenters. The first kappa shape index (κ1) is 21.9. The maximum Gasteiger partial charge on any atom is 0.238 e. The van der Waals surface area contributed by atoms with Crippen LogP contribution in [0.4, 0.5) is 0 Å². The van der Waals surface area contributed by atoms with Crippen LogP contribution in [0.5, 0.6) is 23.0 Å². The molecule has 0 aliphatic carbocycles. The van der Waals surface area contributed by atoms with E-state index in [4.69, 9.17) is 9.15 Å². The Morgan fingerprint density at radius 2 is 1.53 bits per heavy atom. The number of benzene rings is 2. The second-order valence-corrected chi connectivity index (χ2v) is 7.44. The van der Waals surface area contributed by atoms with Gasteiger partial charge < -0.3 is 50.0 Å². The first-order valence-corrected chi connectivity index (χ1v) is 9.50. The lowest BCUT2D eigenvalue weighted by atomic mass is 9.89. The maximum atomic E-state index is 12.8. The van der Waals surface area contributed by atoms with E-state index in [1.54, 1.807) is 0 Å². The second-order valence-electron chi connectivity index (χ2n) is 7.44. The third-order valence-electron chi connectivity index (χ3n) is 5.44. The average Bonchev–Trinajstić information content (AvgIpc) is 2.76. The van der Waals surface area contributed by atoms with Gasteiger partial charge >= 0.3 is 0 Å². The van der Waals surface area contributed by atoms with Crippen LogP contribution in [0.3, 0.4) is 0 Å². The Morgan fingerprint density at radius 1 is 0.875 bits per heavy atom. The number of fused-ring (bicyclic) bond motifs is 1. The molecular weight excluding hydrogens is 428 g/mol. The van der Waals surface area contributed by atoms with Gasteiger partial charge in [-0.2, -0.15) is 0 Å². The number of aromatic hydroxyl groups is 4. The lowest BCUT2D eigenvalue weighted by Crippen LogP contribution is -2.55. The van der Waals surface area contributed by atoms with E-state index in [0.29, 0.717) is 0 Å². The molecule has 170 valence electrons. The van der Waals surface area contributed by atoms with Crippen LogP contribution in [0.2, 0.25) is 0 Å². The van der Waals surface area contributed by atoms with Crippen LogP contribution in [0.1, 0.15) is 11.7 Å². The van der Waals surface area contributed by atoms with Crippen molar-refractivity contribution in [1.29, 1.82) is 0 Å². The van der Waals surface area contributed by atoms with Gasteiger partial charge in [0.1, 0.15) is 53.2 Å². The molecule has 11 nitrogen and oxygen atoms in total. The van der Waals surface area contributed by atoms with Crippen LogP contribution in [0.25, 0.3) is 22.3 Å². The highest BCUT2D eigenvalue weighted by Gasteiger charge is 2.46.